The number of methoxy groups -OCH3 is 1. The minimum atomic E-state index is -0.275. The second-order valence-electron chi connectivity index (χ2n) is 4.15. The molecular weight excluding hydrogens is 296 g/mol. The van der Waals surface area contributed by atoms with Crippen molar-refractivity contribution >= 4 is 27.6 Å². The van der Waals surface area contributed by atoms with Crippen LogP contribution in [-0.4, -0.2) is 25.7 Å². The molecule has 5 heteroatoms. The molecule has 4 nitrogen and oxygen atoms in total. The second-order valence-corrected chi connectivity index (χ2v) is 5.06. The van der Waals surface area contributed by atoms with Gasteiger partial charge in [-0.25, -0.2) is 4.79 Å². The zero-order chi connectivity index (χ0) is 13.1. The molecule has 1 aromatic carbocycles. The van der Waals surface area contributed by atoms with E-state index < -0.39 is 0 Å². The number of anilines is 1. The Hall–Kier alpha value is -1.54. The molecule has 0 radical (unpaired) electrons. The van der Waals surface area contributed by atoms with Crippen LogP contribution < -0.4 is 4.90 Å². The summed E-state index contributed by atoms with van der Waals surface area (Å²) in [5, 5.41) is 9.17. The first-order valence-corrected chi connectivity index (χ1v) is 6.51. The Morgan fingerprint density at radius 3 is 3.06 bits per heavy atom. The van der Waals surface area contributed by atoms with Gasteiger partial charge >= 0.3 is 5.97 Å². The number of carbonyl (C=O) groups excluding carboxylic acids is 1. The largest absolute Gasteiger partial charge is 0.467 e. The number of carbonyl (C=O) groups is 1. The first kappa shape index (κ1) is 12.9. The van der Waals surface area contributed by atoms with E-state index in [-0.39, 0.29) is 12.0 Å². The van der Waals surface area contributed by atoms with Gasteiger partial charge in [0.15, 0.2) is 0 Å². The van der Waals surface area contributed by atoms with Crippen LogP contribution in [0.15, 0.2) is 22.7 Å². The molecule has 0 N–H and O–H groups in total. The summed E-state index contributed by atoms with van der Waals surface area (Å²) < 4.78 is 5.67. The number of esters is 1. The van der Waals surface area contributed by atoms with Gasteiger partial charge in [-0.1, -0.05) is 15.9 Å². The highest BCUT2D eigenvalue weighted by Gasteiger charge is 2.32. The van der Waals surface area contributed by atoms with Gasteiger partial charge in [0, 0.05) is 11.0 Å². The van der Waals surface area contributed by atoms with E-state index in [0.717, 1.165) is 29.5 Å². The fourth-order valence-electron chi connectivity index (χ4n) is 2.28. The van der Waals surface area contributed by atoms with Crippen LogP contribution >= 0.6 is 15.9 Å². The standard InChI is InChI=1S/C13H13BrN2O2/c1-18-13(17)12-3-2-6-16(12)11-5-4-10(14)7-9(11)8-15/h4-5,7,12H,2-3,6H2,1H3. The van der Waals surface area contributed by atoms with Crippen molar-refractivity contribution in [3.63, 3.8) is 0 Å². The van der Waals surface area contributed by atoms with Crippen molar-refractivity contribution in [2.24, 2.45) is 0 Å². The molecule has 0 saturated carbocycles. The molecule has 1 fully saturated rings. The Balaban J connectivity index is 2.36. The zero-order valence-electron chi connectivity index (χ0n) is 10.0. The molecule has 1 aliphatic rings. The number of nitrogens with zero attached hydrogens (tertiary/aromatic N) is 2. The Bertz CT molecular complexity index is 510. The molecule has 1 atom stereocenters. The number of ether oxygens (including phenoxy) is 1. The lowest BCUT2D eigenvalue weighted by atomic mass is 10.1. The van der Waals surface area contributed by atoms with Crippen LogP contribution in [0.3, 0.4) is 0 Å². The molecule has 0 aromatic heterocycles. The maximum atomic E-state index is 11.7. The predicted octanol–water partition coefficient (Wildman–Crippen LogP) is 2.46. The van der Waals surface area contributed by atoms with E-state index in [0.29, 0.717) is 5.56 Å². The molecule has 0 bridgehead atoms. The number of halogens is 1. The predicted molar refractivity (Wildman–Crippen MR) is 71.2 cm³/mol. The topological polar surface area (TPSA) is 53.3 Å². The third-order valence-corrected chi connectivity index (χ3v) is 3.61. The number of benzene rings is 1. The molecule has 1 aromatic rings. The van der Waals surface area contributed by atoms with Crippen molar-refractivity contribution in [2.75, 3.05) is 18.6 Å². The van der Waals surface area contributed by atoms with Crippen molar-refractivity contribution in [2.45, 2.75) is 18.9 Å². The Morgan fingerprint density at radius 2 is 2.39 bits per heavy atom. The molecule has 0 aliphatic carbocycles. The van der Waals surface area contributed by atoms with Gasteiger partial charge in [-0.05, 0) is 31.0 Å². The molecule has 94 valence electrons. The van der Waals surface area contributed by atoms with Crippen molar-refractivity contribution in [1.29, 1.82) is 5.26 Å². The van der Waals surface area contributed by atoms with Crippen LogP contribution in [0.2, 0.25) is 0 Å². The lowest BCUT2D eigenvalue weighted by Gasteiger charge is -2.25. The SMILES string of the molecule is COC(=O)C1CCCN1c1ccc(Br)cc1C#N. The molecule has 0 amide bonds. The molecule has 1 saturated heterocycles. The van der Waals surface area contributed by atoms with E-state index in [1.807, 2.05) is 17.0 Å². The zero-order valence-corrected chi connectivity index (χ0v) is 11.6. The first-order valence-electron chi connectivity index (χ1n) is 5.71. The molecule has 1 unspecified atom stereocenters. The molecule has 0 spiro atoms. The number of hydrogen-bond donors (Lipinski definition) is 0. The van der Waals surface area contributed by atoms with Crippen LogP contribution in [0.25, 0.3) is 0 Å². The highest BCUT2D eigenvalue weighted by Crippen LogP contribution is 2.30. The third-order valence-electron chi connectivity index (χ3n) is 3.11. The van der Waals surface area contributed by atoms with Crippen molar-refractivity contribution in [3.8, 4) is 6.07 Å². The van der Waals surface area contributed by atoms with E-state index in [1.165, 1.54) is 7.11 Å². The summed E-state index contributed by atoms with van der Waals surface area (Å²) in [5.41, 5.74) is 1.37. The lowest BCUT2D eigenvalue weighted by Crippen LogP contribution is -2.37. The summed E-state index contributed by atoms with van der Waals surface area (Å²) in [6.45, 7) is 0.774. The van der Waals surface area contributed by atoms with Gasteiger partial charge in [-0.15, -0.1) is 0 Å². The minimum absolute atomic E-state index is 0.237. The Morgan fingerprint density at radius 1 is 1.61 bits per heavy atom. The second kappa shape index (κ2) is 5.40. The van der Waals surface area contributed by atoms with Gasteiger partial charge in [0.25, 0.3) is 0 Å². The highest BCUT2D eigenvalue weighted by molar-refractivity contribution is 9.10. The average molecular weight is 309 g/mol. The van der Waals surface area contributed by atoms with Crippen molar-refractivity contribution in [3.05, 3.63) is 28.2 Å². The first-order chi connectivity index (χ1) is 8.67. The minimum Gasteiger partial charge on any atom is -0.467 e. The molecule has 18 heavy (non-hydrogen) atoms. The van der Waals surface area contributed by atoms with E-state index in [4.69, 9.17) is 4.74 Å². The normalized spacial score (nSPS) is 18.5. The van der Waals surface area contributed by atoms with Crippen LogP contribution in [0.1, 0.15) is 18.4 Å². The maximum absolute atomic E-state index is 11.7. The van der Waals surface area contributed by atoms with Crippen LogP contribution in [0.4, 0.5) is 5.69 Å². The molecular formula is C13H13BrN2O2. The summed E-state index contributed by atoms with van der Waals surface area (Å²) in [6.07, 6.45) is 1.70. The lowest BCUT2D eigenvalue weighted by molar-refractivity contribution is -0.141. The highest BCUT2D eigenvalue weighted by atomic mass is 79.9. The fraction of sp³-hybridized carbons (Fsp3) is 0.385. The summed E-state index contributed by atoms with van der Waals surface area (Å²) in [7, 11) is 1.39. The van der Waals surface area contributed by atoms with Crippen LogP contribution in [0.5, 0.6) is 0 Å². The van der Waals surface area contributed by atoms with E-state index in [9.17, 15) is 10.1 Å². The monoisotopic (exact) mass is 308 g/mol. The van der Waals surface area contributed by atoms with E-state index in [1.54, 1.807) is 6.07 Å². The van der Waals surface area contributed by atoms with Gasteiger partial charge in [0.05, 0.1) is 18.4 Å². The van der Waals surface area contributed by atoms with E-state index in [2.05, 4.69) is 22.0 Å². The van der Waals surface area contributed by atoms with E-state index >= 15 is 0 Å². The Labute approximate surface area is 114 Å². The van der Waals surface area contributed by atoms with Crippen LogP contribution in [-0.2, 0) is 9.53 Å². The third kappa shape index (κ3) is 2.34. The number of nitriles is 1. The maximum Gasteiger partial charge on any atom is 0.328 e. The Kier molecular flexibility index (Phi) is 3.87. The number of rotatable bonds is 2. The fourth-order valence-corrected chi connectivity index (χ4v) is 2.65. The van der Waals surface area contributed by atoms with Gasteiger partial charge < -0.3 is 9.64 Å². The number of hydrogen-bond acceptors (Lipinski definition) is 4. The summed E-state index contributed by atoms with van der Waals surface area (Å²) >= 11 is 3.34. The molecule has 1 heterocycles. The van der Waals surface area contributed by atoms with Gasteiger partial charge in [-0.3, -0.25) is 0 Å². The molecule has 1 aliphatic heterocycles. The smallest absolute Gasteiger partial charge is 0.328 e. The van der Waals surface area contributed by atoms with Gasteiger partial charge in [0.2, 0.25) is 0 Å². The quantitative estimate of drug-likeness (QED) is 0.788. The molecule has 2 rings (SSSR count). The van der Waals surface area contributed by atoms with Gasteiger partial charge in [0.1, 0.15) is 12.1 Å². The summed E-state index contributed by atoms with van der Waals surface area (Å²) in [4.78, 5) is 13.7. The van der Waals surface area contributed by atoms with Crippen LogP contribution in [0, 0.1) is 11.3 Å². The van der Waals surface area contributed by atoms with Gasteiger partial charge in [-0.2, -0.15) is 5.26 Å². The van der Waals surface area contributed by atoms with Crippen molar-refractivity contribution < 1.29 is 9.53 Å². The average Bonchev–Trinajstić information content (AvgIpc) is 2.86. The summed E-state index contributed by atoms with van der Waals surface area (Å²) in [6, 6.07) is 7.40. The summed E-state index contributed by atoms with van der Waals surface area (Å²) in [5.74, 6) is -0.237. The van der Waals surface area contributed by atoms with Crippen molar-refractivity contribution in [1.82, 2.24) is 0 Å².